The lowest BCUT2D eigenvalue weighted by atomic mass is 10.2. The molecule has 1 aromatic carbocycles. The summed E-state index contributed by atoms with van der Waals surface area (Å²) in [4.78, 5) is 34.7. The van der Waals surface area contributed by atoms with Crippen LogP contribution >= 0.6 is 0 Å². The normalized spacial score (nSPS) is 16.5. The average molecular weight is 369 g/mol. The molecule has 2 aromatic rings. The number of hydrogen-bond donors (Lipinski definition) is 2. The molecule has 2 N–H and O–H groups in total. The van der Waals surface area contributed by atoms with Gasteiger partial charge in [0, 0.05) is 37.1 Å². The summed E-state index contributed by atoms with van der Waals surface area (Å²) in [5, 5.41) is 5.95. The van der Waals surface area contributed by atoms with Crippen molar-refractivity contribution in [3.05, 3.63) is 42.2 Å². The van der Waals surface area contributed by atoms with Gasteiger partial charge in [0.1, 0.15) is 5.75 Å². The minimum Gasteiger partial charge on any atom is -0.497 e. The number of amides is 2. The quantitative estimate of drug-likeness (QED) is 0.807. The SMILES string of the molecule is COc1ccc(N2C[C@@H](NC(=O)c3cnc(NC(C)C)nc3)CC2=O)cc1. The van der Waals surface area contributed by atoms with Crippen molar-refractivity contribution in [2.45, 2.75) is 32.4 Å². The molecule has 1 aromatic heterocycles. The van der Waals surface area contributed by atoms with E-state index < -0.39 is 0 Å². The maximum Gasteiger partial charge on any atom is 0.254 e. The highest BCUT2D eigenvalue weighted by molar-refractivity contribution is 5.98. The Hall–Kier alpha value is -3.16. The van der Waals surface area contributed by atoms with E-state index in [-0.39, 0.29) is 30.3 Å². The molecule has 1 saturated heterocycles. The second-order valence-electron chi connectivity index (χ2n) is 6.67. The summed E-state index contributed by atoms with van der Waals surface area (Å²) in [7, 11) is 1.59. The van der Waals surface area contributed by atoms with Crippen LogP contribution < -0.4 is 20.3 Å². The molecule has 0 spiro atoms. The van der Waals surface area contributed by atoms with Crippen LogP contribution in [0.4, 0.5) is 11.6 Å². The van der Waals surface area contributed by atoms with E-state index in [1.165, 1.54) is 12.4 Å². The monoisotopic (exact) mass is 369 g/mol. The van der Waals surface area contributed by atoms with Crippen LogP contribution in [0.3, 0.4) is 0 Å². The predicted molar refractivity (Wildman–Crippen MR) is 102 cm³/mol. The van der Waals surface area contributed by atoms with Crippen LogP contribution in [0.15, 0.2) is 36.7 Å². The van der Waals surface area contributed by atoms with Gasteiger partial charge in [0.15, 0.2) is 0 Å². The first-order valence-electron chi connectivity index (χ1n) is 8.80. The van der Waals surface area contributed by atoms with Crippen LogP contribution in [0.25, 0.3) is 0 Å². The fraction of sp³-hybridized carbons (Fsp3) is 0.368. The first-order chi connectivity index (χ1) is 13.0. The molecule has 27 heavy (non-hydrogen) atoms. The third-order valence-electron chi connectivity index (χ3n) is 4.18. The van der Waals surface area contributed by atoms with Gasteiger partial charge in [-0.25, -0.2) is 9.97 Å². The van der Waals surface area contributed by atoms with Crippen molar-refractivity contribution in [3.8, 4) is 5.75 Å². The van der Waals surface area contributed by atoms with E-state index in [4.69, 9.17) is 4.74 Å². The second kappa shape index (κ2) is 8.03. The van der Waals surface area contributed by atoms with E-state index in [1.54, 1.807) is 24.1 Å². The molecule has 3 rings (SSSR count). The Labute approximate surface area is 158 Å². The Morgan fingerprint density at radius 1 is 1.22 bits per heavy atom. The van der Waals surface area contributed by atoms with Gasteiger partial charge in [0.05, 0.1) is 18.7 Å². The highest BCUT2D eigenvalue weighted by Gasteiger charge is 2.31. The standard InChI is InChI=1S/C19H23N5O3/c1-12(2)22-19-20-9-13(10-21-19)18(26)23-14-8-17(25)24(11-14)15-4-6-16(27-3)7-5-15/h4-7,9-10,12,14H,8,11H2,1-3H3,(H,23,26)(H,20,21,22)/t14-/m0/s1. The van der Waals surface area contributed by atoms with Crippen LogP contribution in [0.1, 0.15) is 30.6 Å². The lowest BCUT2D eigenvalue weighted by molar-refractivity contribution is -0.117. The molecule has 2 heterocycles. The molecular weight excluding hydrogens is 346 g/mol. The van der Waals surface area contributed by atoms with Crippen molar-refractivity contribution in [3.63, 3.8) is 0 Å². The molecule has 0 saturated carbocycles. The van der Waals surface area contributed by atoms with Gasteiger partial charge in [0.25, 0.3) is 5.91 Å². The van der Waals surface area contributed by atoms with Gasteiger partial charge >= 0.3 is 0 Å². The number of hydrogen-bond acceptors (Lipinski definition) is 6. The molecule has 1 fully saturated rings. The number of benzene rings is 1. The number of carbonyl (C=O) groups excluding carboxylic acids is 2. The molecule has 0 aliphatic carbocycles. The molecule has 1 aliphatic rings. The fourth-order valence-electron chi connectivity index (χ4n) is 2.86. The van der Waals surface area contributed by atoms with Crippen LogP contribution in [-0.2, 0) is 4.79 Å². The zero-order valence-electron chi connectivity index (χ0n) is 15.6. The van der Waals surface area contributed by atoms with Gasteiger partial charge < -0.3 is 20.3 Å². The van der Waals surface area contributed by atoms with E-state index in [9.17, 15) is 9.59 Å². The van der Waals surface area contributed by atoms with Gasteiger partial charge in [-0.1, -0.05) is 0 Å². The van der Waals surface area contributed by atoms with E-state index in [0.717, 1.165) is 11.4 Å². The van der Waals surface area contributed by atoms with Crippen LogP contribution in [0, 0.1) is 0 Å². The van der Waals surface area contributed by atoms with Gasteiger partial charge in [-0.05, 0) is 38.1 Å². The zero-order valence-corrected chi connectivity index (χ0v) is 15.6. The first kappa shape index (κ1) is 18.6. The predicted octanol–water partition coefficient (Wildman–Crippen LogP) is 1.84. The molecule has 0 bridgehead atoms. The average Bonchev–Trinajstić information content (AvgIpc) is 3.02. The van der Waals surface area contributed by atoms with Crippen molar-refractivity contribution >= 4 is 23.5 Å². The van der Waals surface area contributed by atoms with E-state index in [1.807, 2.05) is 26.0 Å². The minimum absolute atomic E-state index is 0.0294. The molecule has 8 heteroatoms. The minimum atomic E-state index is -0.291. The molecule has 8 nitrogen and oxygen atoms in total. The number of ether oxygens (including phenoxy) is 1. The molecule has 0 unspecified atom stereocenters. The lowest BCUT2D eigenvalue weighted by Gasteiger charge is -2.17. The Kier molecular flexibility index (Phi) is 5.54. The van der Waals surface area contributed by atoms with Crippen molar-refractivity contribution in [1.82, 2.24) is 15.3 Å². The largest absolute Gasteiger partial charge is 0.497 e. The highest BCUT2D eigenvalue weighted by Crippen LogP contribution is 2.24. The number of rotatable bonds is 6. The van der Waals surface area contributed by atoms with Crippen LogP contribution in [0.2, 0.25) is 0 Å². The van der Waals surface area contributed by atoms with Crippen molar-refractivity contribution in [1.29, 1.82) is 0 Å². The van der Waals surface area contributed by atoms with Gasteiger partial charge in [-0.3, -0.25) is 9.59 Å². The third-order valence-corrected chi connectivity index (χ3v) is 4.18. The third kappa shape index (κ3) is 4.52. The fourth-order valence-corrected chi connectivity index (χ4v) is 2.86. The van der Waals surface area contributed by atoms with E-state index >= 15 is 0 Å². The summed E-state index contributed by atoms with van der Waals surface area (Å²) in [6.07, 6.45) is 3.21. The number of methoxy groups -OCH3 is 1. The zero-order chi connectivity index (χ0) is 19.4. The van der Waals surface area contributed by atoms with Crippen molar-refractivity contribution in [2.24, 2.45) is 0 Å². The highest BCUT2D eigenvalue weighted by atomic mass is 16.5. The Bertz CT molecular complexity index is 805. The number of carbonyl (C=O) groups is 2. The van der Waals surface area contributed by atoms with Crippen LogP contribution in [-0.4, -0.2) is 47.5 Å². The van der Waals surface area contributed by atoms with Gasteiger partial charge in [0.2, 0.25) is 11.9 Å². The topological polar surface area (TPSA) is 96.4 Å². The Morgan fingerprint density at radius 3 is 2.48 bits per heavy atom. The van der Waals surface area contributed by atoms with E-state index in [0.29, 0.717) is 18.1 Å². The Morgan fingerprint density at radius 2 is 1.89 bits per heavy atom. The number of nitrogens with one attached hydrogen (secondary N) is 2. The molecular formula is C19H23N5O3. The Balaban J connectivity index is 1.61. The molecule has 1 aliphatic heterocycles. The molecule has 0 radical (unpaired) electrons. The summed E-state index contributed by atoms with van der Waals surface area (Å²) in [5.41, 5.74) is 1.14. The summed E-state index contributed by atoms with van der Waals surface area (Å²) in [5.74, 6) is 0.882. The summed E-state index contributed by atoms with van der Waals surface area (Å²) in [6, 6.07) is 7.21. The maximum atomic E-state index is 12.4. The smallest absolute Gasteiger partial charge is 0.254 e. The second-order valence-corrected chi connectivity index (χ2v) is 6.67. The lowest BCUT2D eigenvalue weighted by Crippen LogP contribution is -2.37. The number of nitrogens with zero attached hydrogens (tertiary/aromatic N) is 3. The number of anilines is 2. The van der Waals surface area contributed by atoms with Crippen molar-refractivity contribution < 1.29 is 14.3 Å². The molecule has 2 amide bonds. The first-order valence-corrected chi connectivity index (χ1v) is 8.80. The van der Waals surface area contributed by atoms with Crippen molar-refractivity contribution in [2.75, 3.05) is 23.9 Å². The molecule has 142 valence electrons. The van der Waals surface area contributed by atoms with Gasteiger partial charge in [-0.2, -0.15) is 0 Å². The maximum absolute atomic E-state index is 12.4. The van der Waals surface area contributed by atoms with E-state index in [2.05, 4.69) is 20.6 Å². The summed E-state index contributed by atoms with van der Waals surface area (Å²) >= 11 is 0. The summed E-state index contributed by atoms with van der Waals surface area (Å²) in [6.45, 7) is 4.38. The number of aromatic nitrogens is 2. The van der Waals surface area contributed by atoms with Gasteiger partial charge in [-0.15, -0.1) is 0 Å². The summed E-state index contributed by atoms with van der Waals surface area (Å²) < 4.78 is 5.13. The molecule has 1 atom stereocenters. The van der Waals surface area contributed by atoms with Crippen LogP contribution in [0.5, 0.6) is 5.75 Å².